The number of carbonyl (C=O) groups is 1. The van der Waals surface area contributed by atoms with E-state index in [1.54, 1.807) is 13.1 Å². The molecular formula is C19H23N3O5. The maximum absolute atomic E-state index is 12.9. The standard InChI is InChI=1S/C19H23N3O5/c1-13-5-7-15(18(11-13)27-10-4-9-20)21(2)19(23)14-6-8-16(22(24)25)17(12-14)26-3/h5-8,11-12H,4,9-10,20H2,1-3H3. The molecular weight excluding hydrogens is 350 g/mol. The van der Waals surface area contributed by atoms with Gasteiger partial charge >= 0.3 is 5.69 Å². The Morgan fingerprint density at radius 2 is 1.96 bits per heavy atom. The largest absolute Gasteiger partial charge is 0.491 e. The van der Waals surface area contributed by atoms with E-state index in [1.807, 2.05) is 19.1 Å². The predicted molar refractivity (Wildman–Crippen MR) is 103 cm³/mol. The number of hydrogen-bond acceptors (Lipinski definition) is 6. The molecule has 0 aromatic heterocycles. The smallest absolute Gasteiger partial charge is 0.310 e. The molecule has 144 valence electrons. The molecule has 0 heterocycles. The minimum Gasteiger partial charge on any atom is -0.491 e. The number of methoxy groups -OCH3 is 1. The summed E-state index contributed by atoms with van der Waals surface area (Å²) in [7, 11) is 2.94. The lowest BCUT2D eigenvalue weighted by atomic mass is 10.1. The zero-order valence-electron chi connectivity index (χ0n) is 15.6. The van der Waals surface area contributed by atoms with Gasteiger partial charge in [-0.3, -0.25) is 14.9 Å². The van der Waals surface area contributed by atoms with Crippen LogP contribution in [0, 0.1) is 17.0 Å². The van der Waals surface area contributed by atoms with Crippen molar-refractivity contribution in [3.63, 3.8) is 0 Å². The summed E-state index contributed by atoms with van der Waals surface area (Å²) in [6.07, 6.45) is 0.699. The molecule has 0 saturated heterocycles. The third-order valence-electron chi connectivity index (χ3n) is 4.01. The molecule has 2 aromatic carbocycles. The first-order chi connectivity index (χ1) is 12.9. The molecule has 8 nitrogen and oxygen atoms in total. The molecule has 2 aromatic rings. The van der Waals surface area contributed by atoms with Crippen molar-refractivity contribution >= 4 is 17.3 Å². The maximum Gasteiger partial charge on any atom is 0.310 e. The van der Waals surface area contributed by atoms with Crippen LogP contribution in [-0.4, -0.2) is 38.1 Å². The minimum absolute atomic E-state index is 0.0302. The van der Waals surface area contributed by atoms with Crippen molar-refractivity contribution < 1.29 is 19.2 Å². The summed E-state index contributed by atoms with van der Waals surface area (Å²) in [5.74, 6) is 0.270. The molecule has 0 radical (unpaired) electrons. The van der Waals surface area contributed by atoms with Gasteiger partial charge in [0.05, 0.1) is 24.3 Å². The van der Waals surface area contributed by atoms with Crippen LogP contribution in [0.4, 0.5) is 11.4 Å². The number of benzene rings is 2. The van der Waals surface area contributed by atoms with Crippen LogP contribution >= 0.6 is 0 Å². The molecule has 0 aliphatic rings. The molecule has 2 N–H and O–H groups in total. The van der Waals surface area contributed by atoms with Gasteiger partial charge in [0.25, 0.3) is 5.91 Å². The van der Waals surface area contributed by atoms with Crippen molar-refractivity contribution in [1.29, 1.82) is 0 Å². The minimum atomic E-state index is -0.555. The lowest BCUT2D eigenvalue weighted by molar-refractivity contribution is -0.385. The van der Waals surface area contributed by atoms with Crippen molar-refractivity contribution in [2.24, 2.45) is 5.73 Å². The number of ether oxygens (including phenoxy) is 2. The summed E-state index contributed by atoms with van der Waals surface area (Å²) in [4.78, 5) is 24.8. The zero-order valence-corrected chi connectivity index (χ0v) is 15.6. The Bertz CT molecular complexity index is 838. The predicted octanol–water partition coefficient (Wildman–Crippen LogP) is 2.92. The summed E-state index contributed by atoms with van der Waals surface area (Å²) in [5, 5.41) is 11.0. The molecule has 0 unspecified atom stereocenters. The molecule has 0 spiro atoms. The highest BCUT2D eigenvalue weighted by atomic mass is 16.6. The Labute approximate surface area is 157 Å². The van der Waals surface area contributed by atoms with E-state index in [0.29, 0.717) is 31.0 Å². The number of nitrogens with zero attached hydrogens (tertiary/aromatic N) is 2. The number of carbonyl (C=O) groups excluding carboxylic acids is 1. The highest BCUT2D eigenvalue weighted by Crippen LogP contribution is 2.32. The molecule has 0 fully saturated rings. The van der Waals surface area contributed by atoms with E-state index in [1.165, 1.54) is 30.2 Å². The van der Waals surface area contributed by atoms with Gasteiger partial charge in [-0.25, -0.2) is 0 Å². The Balaban J connectivity index is 2.33. The van der Waals surface area contributed by atoms with E-state index in [-0.39, 0.29) is 22.9 Å². The summed E-state index contributed by atoms with van der Waals surface area (Å²) in [6.45, 7) is 2.89. The van der Waals surface area contributed by atoms with E-state index in [9.17, 15) is 14.9 Å². The van der Waals surface area contributed by atoms with Gasteiger partial charge in [0, 0.05) is 24.7 Å². The van der Waals surface area contributed by atoms with Crippen molar-refractivity contribution in [2.45, 2.75) is 13.3 Å². The van der Waals surface area contributed by atoms with Crippen LogP contribution in [0.3, 0.4) is 0 Å². The normalized spacial score (nSPS) is 10.4. The third-order valence-corrected chi connectivity index (χ3v) is 4.01. The van der Waals surface area contributed by atoms with E-state index < -0.39 is 4.92 Å². The molecule has 0 aliphatic heterocycles. The van der Waals surface area contributed by atoms with E-state index in [2.05, 4.69) is 0 Å². The van der Waals surface area contributed by atoms with Gasteiger partial charge in [0.2, 0.25) is 0 Å². The summed E-state index contributed by atoms with van der Waals surface area (Å²) in [6, 6.07) is 9.56. The second kappa shape index (κ2) is 9.00. The molecule has 0 saturated carbocycles. The average molecular weight is 373 g/mol. The fraction of sp³-hybridized carbons (Fsp3) is 0.316. The van der Waals surface area contributed by atoms with Gasteiger partial charge in [-0.05, 0) is 43.7 Å². The van der Waals surface area contributed by atoms with Crippen molar-refractivity contribution in [3.8, 4) is 11.5 Å². The number of nitrogens with two attached hydrogens (primary N) is 1. The third kappa shape index (κ3) is 4.73. The van der Waals surface area contributed by atoms with Gasteiger partial charge in [0.15, 0.2) is 5.75 Å². The molecule has 0 bridgehead atoms. The summed E-state index contributed by atoms with van der Waals surface area (Å²) in [5.41, 5.74) is 7.17. The summed E-state index contributed by atoms with van der Waals surface area (Å²) >= 11 is 0. The van der Waals surface area contributed by atoms with Crippen LogP contribution in [0.5, 0.6) is 11.5 Å². The molecule has 8 heteroatoms. The number of nitro groups is 1. The number of nitro benzene ring substituents is 1. The van der Waals surface area contributed by atoms with Crippen LogP contribution in [0.25, 0.3) is 0 Å². The molecule has 2 rings (SSSR count). The lowest BCUT2D eigenvalue weighted by Gasteiger charge is -2.21. The fourth-order valence-electron chi connectivity index (χ4n) is 2.54. The topological polar surface area (TPSA) is 108 Å². The second-order valence-electron chi connectivity index (χ2n) is 5.97. The molecule has 0 aliphatic carbocycles. The first-order valence-electron chi connectivity index (χ1n) is 8.43. The second-order valence-corrected chi connectivity index (χ2v) is 5.97. The molecule has 27 heavy (non-hydrogen) atoms. The lowest BCUT2D eigenvalue weighted by Crippen LogP contribution is -2.27. The Morgan fingerprint density at radius 1 is 1.22 bits per heavy atom. The van der Waals surface area contributed by atoms with Crippen LogP contribution in [-0.2, 0) is 0 Å². The Kier molecular flexibility index (Phi) is 6.73. The maximum atomic E-state index is 12.9. The van der Waals surface area contributed by atoms with Crippen LogP contribution in [0.1, 0.15) is 22.3 Å². The zero-order chi connectivity index (χ0) is 20.0. The fourth-order valence-corrected chi connectivity index (χ4v) is 2.54. The number of aryl methyl sites for hydroxylation is 1. The van der Waals surface area contributed by atoms with Crippen molar-refractivity contribution in [2.75, 3.05) is 32.2 Å². The van der Waals surface area contributed by atoms with Gasteiger partial charge in [-0.15, -0.1) is 0 Å². The van der Waals surface area contributed by atoms with E-state index >= 15 is 0 Å². The van der Waals surface area contributed by atoms with Gasteiger partial charge in [-0.1, -0.05) is 6.07 Å². The number of amides is 1. The molecule has 0 atom stereocenters. The highest BCUT2D eigenvalue weighted by molar-refractivity contribution is 6.07. The van der Waals surface area contributed by atoms with Gasteiger partial charge in [-0.2, -0.15) is 0 Å². The number of rotatable bonds is 8. The number of anilines is 1. The summed E-state index contributed by atoms with van der Waals surface area (Å²) < 4.78 is 10.8. The first-order valence-corrected chi connectivity index (χ1v) is 8.43. The Hall–Kier alpha value is -3.13. The monoisotopic (exact) mass is 373 g/mol. The molecule has 1 amide bonds. The quantitative estimate of drug-likeness (QED) is 0.433. The van der Waals surface area contributed by atoms with Crippen LogP contribution in [0.15, 0.2) is 36.4 Å². The van der Waals surface area contributed by atoms with Crippen molar-refractivity contribution in [3.05, 3.63) is 57.6 Å². The van der Waals surface area contributed by atoms with Gasteiger partial charge < -0.3 is 20.1 Å². The van der Waals surface area contributed by atoms with Crippen LogP contribution in [0.2, 0.25) is 0 Å². The number of hydrogen-bond donors (Lipinski definition) is 1. The first kappa shape index (κ1) is 20.2. The van der Waals surface area contributed by atoms with Gasteiger partial charge in [0.1, 0.15) is 5.75 Å². The average Bonchev–Trinajstić information content (AvgIpc) is 2.66. The SMILES string of the molecule is COc1cc(C(=O)N(C)c2ccc(C)cc2OCCCN)ccc1[N+](=O)[O-]. The highest BCUT2D eigenvalue weighted by Gasteiger charge is 2.21. The van der Waals surface area contributed by atoms with E-state index in [0.717, 1.165) is 5.56 Å². The van der Waals surface area contributed by atoms with E-state index in [4.69, 9.17) is 15.2 Å². The van der Waals surface area contributed by atoms with Crippen molar-refractivity contribution in [1.82, 2.24) is 0 Å². The van der Waals surface area contributed by atoms with Crippen LogP contribution < -0.4 is 20.1 Å². The Morgan fingerprint density at radius 3 is 2.59 bits per heavy atom.